The second-order valence-electron chi connectivity index (χ2n) is 2.74. The molecule has 0 spiro atoms. The molecule has 0 radical (unpaired) electrons. The van der Waals surface area contributed by atoms with Crippen molar-refractivity contribution in [3.63, 3.8) is 0 Å². The lowest BCUT2D eigenvalue weighted by Gasteiger charge is -2.13. The van der Waals surface area contributed by atoms with Crippen LogP contribution >= 0.6 is 0 Å². The number of hydrogen-bond acceptors (Lipinski definition) is 3. The maximum atomic E-state index is 13.0. The van der Waals surface area contributed by atoms with Crippen LogP contribution in [0.5, 0.6) is 0 Å². The third-order valence-electron chi connectivity index (χ3n) is 1.66. The van der Waals surface area contributed by atoms with Crippen molar-refractivity contribution in [3.8, 4) is 0 Å². The fraction of sp³-hybridized carbons (Fsp3) is 0.875. The van der Waals surface area contributed by atoms with E-state index in [-0.39, 0.29) is 18.9 Å². The number of alkyl halides is 1. The molecule has 2 N–H and O–H groups in total. The van der Waals surface area contributed by atoms with Crippen LogP contribution in [0.3, 0.4) is 0 Å². The molecule has 0 aliphatic heterocycles. The SMILES string of the molecule is CCOC(=O)CC(F)C(C)CN. The summed E-state index contributed by atoms with van der Waals surface area (Å²) in [5.74, 6) is -0.778. The molecule has 0 fully saturated rings. The second kappa shape index (κ2) is 5.94. The lowest BCUT2D eigenvalue weighted by molar-refractivity contribution is -0.144. The van der Waals surface area contributed by atoms with E-state index in [0.29, 0.717) is 6.61 Å². The molecular formula is C8H16FNO2. The Kier molecular flexibility index (Phi) is 5.62. The molecular weight excluding hydrogens is 161 g/mol. The summed E-state index contributed by atoms with van der Waals surface area (Å²) < 4.78 is 17.6. The van der Waals surface area contributed by atoms with E-state index >= 15 is 0 Å². The van der Waals surface area contributed by atoms with Gasteiger partial charge in [-0.3, -0.25) is 4.79 Å². The highest BCUT2D eigenvalue weighted by Gasteiger charge is 2.19. The molecule has 0 bridgehead atoms. The molecule has 0 aromatic rings. The first-order valence-corrected chi connectivity index (χ1v) is 4.11. The molecule has 0 aliphatic rings. The Morgan fingerprint density at radius 2 is 2.25 bits per heavy atom. The molecule has 0 rings (SSSR count). The van der Waals surface area contributed by atoms with Gasteiger partial charge in [-0.15, -0.1) is 0 Å². The van der Waals surface area contributed by atoms with Crippen LogP contribution in [0.25, 0.3) is 0 Å². The molecule has 2 atom stereocenters. The molecule has 0 saturated heterocycles. The van der Waals surface area contributed by atoms with Gasteiger partial charge in [-0.05, 0) is 13.5 Å². The number of esters is 1. The lowest BCUT2D eigenvalue weighted by Crippen LogP contribution is -2.25. The first-order chi connectivity index (χ1) is 5.61. The highest BCUT2D eigenvalue weighted by Crippen LogP contribution is 2.10. The largest absolute Gasteiger partial charge is 0.466 e. The summed E-state index contributed by atoms with van der Waals surface area (Å²) in [7, 11) is 0. The maximum absolute atomic E-state index is 13.0. The van der Waals surface area contributed by atoms with Crippen molar-refractivity contribution >= 4 is 5.97 Å². The van der Waals surface area contributed by atoms with Gasteiger partial charge < -0.3 is 10.5 Å². The maximum Gasteiger partial charge on any atom is 0.308 e. The minimum absolute atomic E-state index is 0.188. The van der Waals surface area contributed by atoms with Gasteiger partial charge in [-0.1, -0.05) is 6.92 Å². The van der Waals surface area contributed by atoms with Crippen molar-refractivity contribution in [1.82, 2.24) is 0 Å². The number of halogens is 1. The van der Waals surface area contributed by atoms with E-state index < -0.39 is 12.1 Å². The van der Waals surface area contributed by atoms with Crippen molar-refractivity contribution in [2.24, 2.45) is 11.7 Å². The van der Waals surface area contributed by atoms with Gasteiger partial charge in [0.25, 0.3) is 0 Å². The van der Waals surface area contributed by atoms with Crippen molar-refractivity contribution in [1.29, 1.82) is 0 Å². The fourth-order valence-electron chi connectivity index (χ4n) is 0.728. The quantitative estimate of drug-likeness (QED) is 0.634. The van der Waals surface area contributed by atoms with Gasteiger partial charge in [0.05, 0.1) is 13.0 Å². The molecule has 0 aromatic heterocycles. The van der Waals surface area contributed by atoms with Crippen LogP contribution in [0, 0.1) is 5.92 Å². The number of carbonyl (C=O) groups is 1. The van der Waals surface area contributed by atoms with Gasteiger partial charge in [0.1, 0.15) is 6.17 Å². The molecule has 3 nitrogen and oxygen atoms in total. The molecule has 2 unspecified atom stereocenters. The zero-order chi connectivity index (χ0) is 9.56. The van der Waals surface area contributed by atoms with E-state index in [0.717, 1.165) is 0 Å². The van der Waals surface area contributed by atoms with Gasteiger partial charge >= 0.3 is 5.97 Å². The van der Waals surface area contributed by atoms with Gasteiger partial charge in [0.15, 0.2) is 0 Å². The minimum Gasteiger partial charge on any atom is -0.466 e. The Morgan fingerprint density at radius 3 is 2.67 bits per heavy atom. The number of carbonyl (C=O) groups excluding carboxylic acids is 1. The van der Waals surface area contributed by atoms with Crippen LogP contribution in [-0.4, -0.2) is 25.3 Å². The highest BCUT2D eigenvalue weighted by molar-refractivity contribution is 5.69. The van der Waals surface area contributed by atoms with Gasteiger partial charge in [0.2, 0.25) is 0 Å². The zero-order valence-electron chi connectivity index (χ0n) is 7.55. The van der Waals surface area contributed by atoms with E-state index in [2.05, 4.69) is 4.74 Å². The number of ether oxygens (including phenoxy) is 1. The Morgan fingerprint density at radius 1 is 1.67 bits per heavy atom. The van der Waals surface area contributed by atoms with Crippen LogP contribution in [0.1, 0.15) is 20.3 Å². The summed E-state index contributed by atoms with van der Waals surface area (Å²) in [5.41, 5.74) is 5.23. The second-order valence-corrected chi connectivity index (χ2v) is 2.74. The minimum atomic E-state index is -1.19. The number of nitrogens with two attached hydrogens (primary N) is 1. The summed E-state index contributed by atoms with van der Waals surface area (Å²) in [6.45, 7) is 3.91. The van der Waals surface area contributed by atoms with Crippen molar-refractivity contribution in [2.75, 3.05) is 13.2 Å². The van der Waals surface area contributed by atoms with Crippen molar-refractivity contribution in [3.05, 3.63) is 0 Å². The van der Waals surface area contributed by atoms with E-state index in [1.807, 2.05) is 0 Å². The first kappa shape index (κ1) is 11.4. The summed E-state index contributed by atoms with van der Waals surface area (Å²) in [6.07, 6.45) is -1.37. The Labute approximate surface area is 72.1 Å². The van der Waals surface area contributed by atoms with Crippen molar-refractivity contribution in [2.45, 2.75) is 26.4 Å². The summed E-state index contributed by atoms with van der Waals surface area (Å²) >= 11 is 0. The molecule has 0 saturated carbocycles. The monoisotopic (exact) mass is 177 g/mol. The molecule has 72 valence electrons. The van der Waals surface area contributed by atoms with Crippen LogP contribution in [-0.2, 0) is 9.53 Å². The Balaban J connectivity index is 3.67. The first-order valence-electron chi connectivity index (χ1n) is 4.11. The summed E-state index contributed by atoms with van der Waals surface area (Å²) in [6, 6.07) is 0. The van der Waals surface area contributed by atoms with E-state index in [4.69, 9.17) is 5.73 Å². The normalized spacial score (nSPS) is 15.3. The molecule has 0 amide bonds. The molecule has 0 aromatic carbocycles. The topological polar surface area (TPSA) is 52.3 Å². The average molecular weight is 177 g/mol. The standard InChI is InChI=1S/C8H16FNO2/c1-3-12-8(11)4-7(9)6(2)5-10/h6-7H,3-5,10H2,1-2H3. The van der Waals surface area contributed by atoms with Gasteiger partial charge in [-0.25, -0.2) is 4.39 Å². The lowest BCUT2D eigenvalue weighted by atomic mass is 10.0. The Bertz CT molecular complexity index is 141. The molecule has 4 heteroatoms. The van der Waals surface area contributed by atoms with Crippen LogP contribution in [0.2, 0.25) is 0 Å². The van der Waals surface area contributed by atoms with E-state index in [1.54, 1.807) is 13.8 Å². The van der Waals surface area contributed by atoms with Crippen LogP contribution < -0.4 is 5.73 Å². The van der Waals surface area contributed by atoms with Gasteiger partial charge in [0, 0.05) is 5.92 Å². The molecule has 0 aliphatic carbocycles. The van der Waals surface area contributed by atoms with Crippen LogP contribution in [0.15, 0.2) is 0 Å². The Hall–Kier alpha value is -0.640. The van der Waals surface area contributed by atoms with Crippen molar-refractivity contribution < 1.29 is 13.9 Å². The van der Waals surface area contributed by atoms with E-state index in [1.165, 1.54) is 0 Å². The number of rotatable bonds is 5. The predicted octanol–water partition coefficient (Wildman–Crippen LogP) is 0.873. The van der Waals surface area contributed by atoms with Crippen LogP contribution in [0.4, 0.5) is 4.39 Å². The highest BCUT2D eigenvalue weighted by atomic mass is 19.1. The summed E-state index contributed by atoms with van der Waals surface area (Å²) in [4.78, 5) is 10.8. The molecule has 12 heavy (non-hydrogen) atoms. The smallest absolute Gasteiger partial charge is 0.308 e. The number of hydrogen-bond donors (Lipinski definition) is 1. The zero-order valence-corrected chi connectivity index (χ0v) is 7.55. The predicted molar refractivity (Wildman–Crippen MR) is 44.4 cm³/mol. The molecule has 0 heterocycles. The van der Waals surface area contributed by atoms with E-state index in [9.17, 15) is 9.18 Å². The van der Waals surface area contributed by atoms with Gasteiger partial charge in [-0.2, -0.15) is 0 Å². The average Bonchev–Trinajstić information content (AvgIpc) is 2.03. The third kappa shape index (κ3) is 4.28. The third-order valence-corrected chi connectivity index (χ3v) is 1.66. The fourth-order valence-corrected chi connectivity index (χ4v) is 0.728. The summed E-state index contributed by atoms with van der Waals surface area (Å²) in [5, 5.41) is 0.